The van der Waals surface area contributed by atoms with E-state index in [1.165, 1.54) is 5.56 Å². The second kappa shape index (κ2) is 4.18. The maximum atomic E-state index is 12.6. The van der Waals surface area contributed by atoms with Crippen LogP contribution in [0.15, 0.2) is 34.8 Å². The van der Waals surface area contributed by atoms with E-state index in [9.17, 15) is 4.79 Å². The lowest BCUT2D eigenvalue weighted by Crippen LogP contribution is -2.49. The van der Waals surface area contributed by atoms with Crippen LogP contribution in [0.3, 0.4) is 0 Å². The molecule has 0 unspecified atom stereocenters. The Balaban J connectivity index is 1.70. The number of hydrogen-bond acceptors (Lipinski definition) is 3. The molecule has 1 spiro atoms. The van der Waals surface area contributed by atoms with E-state index in [0.717, 1.165) is 16.7 Å². The van der Waals surface area contributed by atoms with Gasteiger partial charge in [-0.25, -0.2) is 0 Å². The van der Waals surface area contributed by atoms with Crippen molar-refractivity contribution >= 4 is 21.7 Å². The number of halogens is 1. The third-order valence-corrected chi connectivity index (χ3v) is 5.69. The molecule has 3 nitrogen and oxygen atoms in total. The van der Waals surface area contributed by atoms with Crippen molar-refractivity contribution in [2.45, 2.75) is 17.9 Å². The standard InChI is InChI=1S/C16H15BrO3/c1-19-10-4-2-9(3-5-10)11-6-13-14(17)7-12(11)15(18)16(13)8-20-16/h2-5,7,11-13H,6,8H2,1H3/t11-,12+,13+,16+/m1/s1. The lowest BCUT2D eigenvalue weighted by molar-refractivity contribution is -0.132. The van der Waals surface area contributed by atoms with Crippen molar-refractivity contribution in [2.75, 3.05) is 13.7 Å². The number of methoxy groups -OCH3 is 1. The number of carbonyl (C=O) groups excluding carboxylic acids is 1. The Bertz CT molecular complexity index is 601. The summed E-state index contributed by atoms with van der Waals surface area (Å²) in [6, 6.07) is 8.06. The van der Waals surface area contributed by atoms with Crippen LogP contribution < -0.4 is 4.74 Å². The number of epoxide rings is 1. The third-order valence-electron chi connectivity index (χ3n) is 4.88. The highest BCUT2D eigenvalue weighted by atomic mass is 79.9. The molecule has 1 aliphatic heterocycles. The first kappa shape index (κ1) is 12.6. The van der Waals surface area contributed by atoms with Crippen molar-refractivity contribution in [3.05, 3.63) is 40.4 Å². The summed E-state index contributed by atoms with van der Waals surface area (Å²) in [5.41, 5.74) is 0.710. The van der Waals surface area contributed by atoms with E-state index in [4.69, 9.17) is 9.47 Å². The Hall–Kier alpha value is -1.13. The summed E-state index contributed by atoms with van der Waals surface area (Å²) in [4.78, 5) is 12.6. The Kier molecular flexibility index (Phi) is 2.63. The molecular weight excluding hydrogens is 320 g/mol. The Morgan fingerprint density at radius 2 is 2.05 bits per heavy atom. The SMILES string of the molecule is COc1ccc([C@H]2C[C@H]3C(Br)=C[C@@H]2C(=O)[C@]32CO2)cc1. The predicted molar refractivity (Wildman–Crippen MR) is 78.0 cm³/mol. The van der Waals surface area contributed by atoms with E-state index < -0.39 is 5.60 Å². The zero-order chi connectivity index (χ0) is 13.9. The molecule has 0 radical (unpaired) electrons. The molecule has 4 atom stereocenters. The highest BCUT2D eigenvalue weighted by molar-refractivity contribution is 9.11. The van der Waals surface area contributed by atoms with Crippen LogP contribution in [-0.2, 0) is 9.53 Å². The number of benzene rings is 1. The molecule has 5 rings (SSSR count). The van der Waals surface area contributed by atoms with Gasteiger partial charge in [-0.15, -0.1) is 0 Å². The molecule has 4 aliphatic rings. The summed E-state index contributed by atoms with van der Waals surface area (Å²) < 4.78 is 11.9. The molecule has 2 bridgehead atoms. The summed E-state index contributed by atoms with van der Waals surface area (Å²) in [5, 5.41) is 0. The summed E-state index contributed by atoms with van der Waals surface area (Å²) >= 11 is 3.62. The molecule has 1 aromatic carbocycles. The van der Waals surface area contributed by atoms with Crippen LogP contribution in [-0.4, -0.2) is 25.1 Å². The van der Waals surface area contributed by atoms with Crippen molar-refractivity contribution in [3.63, 3.8) is 0 Å². The zero-order valence-electron chi connectivity index (χ0n) is 11.1. The van der Waals surface area contributed by atoms with E-state index >= 15 is 0 Å². The Morgan fingerprint density at radius 1 is 1.35 bits per heavy atom. The monoisotopic (exact) mass is 334 g/mol. The molecule has 1 heterocycles. The molecule has 1 saturated carbocycles. The maximum Gasteiger partial charge on any atom is 0.175 e. The van der Waals surface area contributed by atoms with E-state index in [1.54, 1.807) is 7.11 Å². The molecule has 3 aliphatic carbocycles. The van der Waals surface area contributed by atoms with Crippen molar-refractivity contribution in [2.24, 2.45) is 11.8 Å². The summed E-state index contributed by atoms with van der Waals surface area (Å²) in [6.45, 7) is 0.589. The number of ether oxygens (including phenoxy) is 2. The average molecular weight is 335 g/mol. The van der Waals surface area contributed by atoms with Crippen molar-refractivity contribution in [1.29, 1.82) is 0 Å². The van der Waals surface area contributed by atoms with Gasteiger partial charge < -0.3 is 9.47 Å². The fraction of sp³-hybridized carbons (Fsp3) is 0.438. The van der Waals surface area contributed by atoms with Crippen LogP contribution in [0.4, 0.5) is 0 Å². The van der Waals surface area contributed by atoms with Crippen molar-refractivity contribution in [1.82, 2.24) is 0 Å². The molecule has 0 N–H and O–H groups in total. The molecule has 0 aromatic heterocycles. The summed E-state index contributed by atoms with van der Waals surface area (Å²) in [5.74, 6) is 1.49. The highest BCUT2D eigenvalue weighted by Gasteiger charge is 2.66. The number of hydrogen-bond donors (Lipinski definition) is 0. The quantitative estimate of drug-likeness (QED) is 0.780. The first-order valence-corrected chi connectivity index (χ1v) is 7.64. The second-order valence-corrected chi connectivity index (χ2v) is 6.70. The highest BCUT2D eigenvalue weighted by Crippen LogP contribution is 2.58. The summed E-state index contributed by atoms with van der Waals surface area (Å²) in [6.07, 6.45) is 3.05. The van der Waals surface area contributed by atoms with Gasteiger partial charge >= 0.3 is 0 Å². The molecule has 4 heteroatoms. The minimum absolute atomic E-state index is 0.0646. The Morgan fingerprint density at radius 3 is 2.65 bits per heavy atom. The van der Waals surface area contributed by atoms with E-state index in [2.05, 4.69) is 34.1 Å². The van der Waals surface area contributed by atoms with E-state index in [1.807, 2.05) is 12.1 Å². The minimum atomic E-state index is -0.499. The minimum Gasteiger partial charge on any atom is -0.497 e. The van der Waals surface area contributed by atoms with Gasteiger partial charge in [-0.05, 0) is 34.5 Å². The van der Waals surface area contributed by atoms with Crippen molar-refractivity contribution < 1.29 is 14.3 Å². The normalized spacial score (nSPS) is 38.0. The van der Waals surface area contributed by atoms with Crippen LogP contribution in [0.25, 0.3) is 0 Å². The van der Waals surface area contributed by atoms with E-state index in [-0.39, 0.29) is 23.5 Å². The van der Waals surface area contributed by atoms with Crippen LogP contribution in [0, 0.1) is 11.8 Å². The molecule has 0 amide bonds. The fourth-order valence-electron chi connectivity index (χ4n) is 3.66. The van der Waals surface area contributed by atoms with Crippen LogP contribution >= 0.6 is 15.9 Å². The number of Topliss-reactive ketones (excluding diaryl/α,β-unsaturated/α-hetero) is 1. The number of rotatable bonds is 2. The molecule has 1 aromatic rings. The molecular formula is C16H15BrO3. The van der Waals surface area contributed by atoms with Crippen molar-refractivity contribution in [3.8, 4) is 5.75 Å². The van der Waals surface area contributed by atoms with Gasteiger partial charge in [-0.2, -0.15) is 0 Å². The topological polar surface area (TPSA) is 38.8 Å². The Labute approximate surface area is 126 Å². The first-order valence-electron chi connectivity index (χ1n) is 6.85. The second-order valence-electron chi connectivity index (χ2n) is 5.79. The largest absolute Gasteiger partial charge is 0.497 e. The zero-order valence-corrected chi connectivity index (χ0v) is 12.7. The lowest BCUT2D eigenvalue weighted by Gasteiger charge is -2.43. The average Bonchev–Trinajstić information content (AvgIpc) is 3.26. The molecule has 2 fully saturated rings. The van der Waals surface area contributed by atoms with E-state index in [0.29, 0.717) is 6.61 Å². The van der Waals surface area contributed by atoms with Gasteiger partial charge in [0.15, 0.2) is 11.4 Å². The maximum absolute atomic E-state index is 12.6. The van der Waals surface area contributed by atoms with Gasteiger partial charge in [0.2, 0.25) is 0 Å². The number of ketones is 1. The van der Waals surface area contributed by atoms with Gasteiger partial charge in [-0.1, -0.05) is 34.1 Å². The summed E-state index contributed by atoms with van der Waals surface area (Å²) in [7, 11) is 1.66. The molecule has 104 valence electrons. The molecule has 20 heavy (non-hydrogen) atoms. The van der Waals surface area contributed by atoms with Gasteiger partial charge in [0.05, 0.1) is 13.7 Å². The number of allylic oxidation sites excluding steroid dienone is 1. The lowest BCUT2D eigenvalue weighted by atomic mass is 9.61. The fourth-order valence-corrected chi connectivity index (χ4v) is 4.50. The van der Waals surface area contributed by atoms with Gasteiger partial charge in [-0.3, -0.25) is 4.79 Å². The van der Waals surface area contributed by atoms with Crippen LogP contribution in [0.5, 0.6) is 5.75 Å². The number of carbonyl (C=O) groups is 1. The van der Waals surface area contributed by atoms with Gasteiger partial charge in [0, 0.05) is 11.8 Å². The smallest absolute Gasteiger partial charge is 0.175 e. The van der Waals surface area contributed by atoms with Gasteiger partial charge in [0.25, 0.3) is 0 Å². The molecule has 1 saturated heterocycles. The first-order chi connectivity index (χ1) is 9.65. The third kappa shape index (κ3) is 1.58. The van der Waals surface area contributed by atoms with Crippen LogP contribution in [0.1, 0.15) is 17.9 Å². The van der Waals surface area contributed by atoms with Gasteiger partial charge in [0.1, 0.15) is 5.75 Å². The predicted octanol–water partition coefficient (Wildman–Crippen LogP) is 3.05. The number of fused-ring (bicyclic) bond motifs is 1. The van der Waals surface area contributed by atoms with Crippen LogP contribution in [0.2, 0.25) is 0 Å².